The minimum atomic E-state index is -4.59. The van der Waals surface area contributed by atoms with Crippen molar-refractivity contribution in [3.63, 3.8) is 0 Å². The first kappa shape index (κ1) is 32.6. The van der Waals surface area contributed by atoms with E-state index in [1.807, 2.05) is 4.72 Å². The minimum Gasteiger partial charge on any atom is -0.434 e. The number of hydrogen-bond donors (Lipinski definition) is 1. The van der Waals surface area contributed by atoms with E-state index < -0.39 is 39.5 Å². The summed E-state index contributed by atoms with van der Waals surface area (Å²) in [6.45, 7) is -1.98. The monoisotopic (exact) mass is 715 g/mol. The first-order chi connectivity index (χ1) is 23.8. The van der Waals surface area contributed by atoms with E-state index in [1.165, 1.54) is 6.20 Å². The van der Waals surface area contributed by atoms with E-state index in [0.29, 0.717) is 43.7 Å². The van der Waals surface area contributed by atoms with Crippen LogP contribution in [0, 0.1) is 5.41 Å². The molecular formula is C34H30F5N5O5S. The van der Waals surface area contributed by atoms with Gasteiger partial charge in [0.1, 0.15) is 22.9 Å². The van der Waals surface area contributed by atoms with Gasteiger partial charge in [-0.25, -0.2) is 18.1 Å². The van der Waals surface area contributed by atoms with Crippen molar-refractivity contribution in [2.75, 3.05) is 18.0 Å². The minimum absolute atomic E-state index is 0.112. The number of benzene rings is 1. The molecule has 2 saturated carbocycles. The molecule has 4 heterocycles. The van der Waals surface area contributed by atoms with E-state index in [-0.39, 0.29) is 44.9 Å². The largest absolute Gasteiger partial charge is 0.434 e. The second-order valence-corrected chi connectivity index (χ2v) is 15.4. The van der Waals surface area contributed by atoms with Crippen molar-refractivity contribution in [2.24, 2.45) is 5.41 Å². The van der Waals surface area contributed by atoms with Crippen LogP contribution in [-0.4, -0.2) is 54.4 Å². The molecule has 0 radical (unpaired) electrons. The normalized spacial score (nSPS) is 19.1. The molecule has 0 unspecified atom stereocenters. The quantitative estimate of drug-likeness (QED) is 0.181. The van der Waals surface area contributed by atoms with Gasteiger partial charge in [0.05, 0.1) is 16.3 Å². The number of allylic oxidation sites excluding steroid dienone is 2. The maximum atomic E-state index is 13.9. The van der Waals surface area contributed by atoms with Gasteiger partial charge < -0.3 is 14.2 Å². The number of amides is 1. The van der Waals surface area contributed by atoms with Crippen LogP contribution in [-0.2, 0) is 16.2 Å². The molecule has 1 aliphatic heterocycles. The third-order valence-electron chi connectivity index (χ3n) is 9.92. The van der Waals surface area contributed by atoms with Crippen molar-refractivity contribution in [3.8, 4) is 17.0 Å². The molecule has 262 valence electrons. The molecule has 10 nitrogen and oxygen atoms in total. The number of nitrogens with zero attached hydrogens (tertiary/aromatic N) is 4. The second kappa shape index (κ2) is 11.7. The standard InChI is InChI=1S/C34H30F5N5O5S/c35-32(36)48-27-14-26(31(45)43-50(46,47)21-4-5-21)41-25-6-3-20(13-22(25)27)44-11-8-33(9-12-44)15-19(16-33)28-29(42-49-30(28)18-1-2-18)23-17-40-10-7-24(23)34(37,38)39/h3,6-7,10,13-15,17-18,21,32H,1-2,4-5,8-9,11-12,16H2,(H,43,45). The Morgan fingerprint density at radius 1 is 1.08 bits per heavy atom. The number of sulfonamides is 1. The van der Waals surface area contributed by atoms with Gasteiger partial charge in [-0.2, -0.15) is 22.0 Å². The van der Waals surface area contributed by atoms with Gasteiger partial charge in [0.15, 0.2) is 0 Å². The molecule has 1 amide bonds. The Bertz CT molecular complexity index is 2150. The Labute approximate surface area is 282 Å². The fourth-order valence-electron chi connectivity index (χ4n) is 7.00. The maximum absolute atomic E-state index is 13.9. The van der Waals surface area contributed by atoms with Crippen LogP contribution in [0.3, 0.4) is 0 Å². The van der Waals surface area contributed by atoms with Crippen LogP contribution in [0.5, 0.6) is 5.75 Å². The predicted molar refractivity (Wildman–Crippen MR) is 171 cm³/mol. The topological polar surface area (TPSA) is 128 Å². The zero-order chi connectivity index (χ0) is 35.0. The number of aromatic nitrogens is 3. The second-order valence-electron chi connectivity index (χ2n) is 13.4. The third-order valence-corrected chi connectivity index (χ3v) is 11.7. The van der Waals surface area contributed by atoms with Crippen LogP contribution in [0.4, 0.5) is 27.6 Å². The Balaban J connectivity index is 1.03. The number of ether oxygens (including phenoxy) is 1. The highest BCUT2D eigenvalue weighted by atomic mass is 32.2. The van der Waals surface area contributed by atoms with E-state index in [9.17, 15) is 35.2 Å². The van der Waals surface area contributed by atoms with E-state index in [2.05, 4.69) is 26.1 Å². The molecule has 1 saturated heterocycles. The number of pyridine rings is 2. The number of anilines is 1. The molecule has 1 spiro atoms. The average molecular weight is 716 g/mol. The molecule has 3 aromatic heterocycles. The summed E-state index contributed by atoms with van der Waals surface area (Å²) in [4.78, 5) is 23.0. The van der Waals surface area contributed by atoms with Crippen molar-refractivity contribution >= 4 is 38.1 Å². The van der Waals surface area contributed by atoms with Gasteiger partial charge in [0.25, 0.3) is 5.91 Å². The van der Waals surface area contributed by atoms with Gasteiger partial charge in [0, 0.05) is 59.7 Å². The summed E-state index contributed by atoms with van der Waals surface area (Å²) >= 11 is 0. The summed E-state index contributed by atoms with van der Waals surface area (Å²) in [5.74, 6) is -0.592. The van der Waals surface area contributed by atoms with Crippen LogP contribution < -0.4 is 14.4 Å². The van der Waals surface area contributed by atoms with Gasteiger partial charge in [-0.05, 0) is 80.2 Å². The molecule has 3 aliphatic carbocycles. The Kier molecular flexibility index (Phi) is 7.65. The third kappa shape index (κ3) is 6.07. The van der Waals surface area contributed by atoms with Gasteiger partial charge in [-0.15, -0.1) is 0 Å². The smallest absolute Gasteiger partial charge is 0.417 e. The lowest BCUT2D eigenvalue weighted by Gasteiger charge is -2.47. The highest BCUT2D eigenvalue weighted by Gasteiger charge is 2.45. The van der Waals surface area contributed by atoms with E-state index >= 15 is 0 Å². The highest BCUT2D eigenvalue weighted by molar-refractivity contribution is 7.91. The zero-order valence-corrected chi connectivity index (χ0v) is 27.2. The van der Waals surface area contributed by atoms with Gasteiger partial charge in [0.2, 0.25) is 10.0 Å². The number of rotatable bonds is 9. The summed E-state index contributed by atoms with van der Waals surface area (Å²) < 4.78 is 106. The van der Waals surface area contributed by atoms with Crippen molar-refractivity contribution in [1.29, 1.82) is 0 Å². The summed E-state index contributed by atoms with van der Waals surface area (Å²) in [6, 6.07) is 6.93. The molecule has 0 bridgehead atoms. The van der Waals surface area contributed by atoms with Gasteiger partial charge >= 0.3 is 12.8 Å². The van der Waals surface area contributed by atoms with E-state index in [4.69, 9.17) is 9.26 Å². The number of halogens is 5. The summed E-state index contributed by atoms with van der Waals surface area (Å²) in [6.07, 6.45) is 4.60. The first-order valence-electron chi connectivity index (χ1n) is 16.2. The van der Waals surface area contributed by atoms with Gasteiger partial charge in [-0.3, -0.25) is 9.78 Å². The average Bonchev–Trinajstić information content (AvgIpc) is 4.00. The number of piperidine rings is 1. The molecule has 1 N–H and O–H groups in total. The molecule has 0 atom stereocenters. The lowest BCUT2D eigenvalue weighted by atomic mass is 9.63. The molecule has 1 aromatic carbocycles. The first-order valence-corrected chi connectivity index (χ1v) is 17.8. The Morgan fingerprint density at radius 3 is 2.48 bits per heavy atom. The lowest BCUT2D eigenvalue weighted by molar-refractivity contribution is -0.137. The van der Waals surface area contributed by atoms with E-state index in [1.54, 1.807) is 18.2 Å². The predicted octanol–water partition coefficient (Wildman–Crippen LogP) is 7.08. The summed E-state index contributed by atoms with van der Waals surface area (Å²) in [5.41, 5.74) is 1.13. The van der Waals surface area contributed by atoms with Crippen LogP contribution >= 0.6 is 0 Å². The zero-order valence-electron chi connectivity index (χ0n) is 26.3. The Hall–Kier alpha value is -4.60. The molecular weight excluding hydrogens is 685 g/mol. The van der Waals surface area contributed by atoms with Crippen LogP contribution in [0.1, 0.15) is 78.2 Å². The number of carbonyl (C=O) groups excluding carboxylic acids is 1. The van der Waals surface area contributed by atoms with Crippen LogP contribution in [0.2, 0.25) is 0 Å². The Morgan fingerprint density at radius 2 is 1.82 bits per heavy atom. The van der Waals surface area contributed by atoms with Crippen molar-refractivity contribution in [1.82, 2.24) is 19.8 Å². The molecule has 4 aromatic rings. The van der Waals surface area contributed by atoms with Crippen molar-refractivity contribution in [2.45, 2.75) is 68.9 Å². The molecule has 3 fully saturated rings. The number of alkyl halides is 5. The molecule has 16 heteroatoms. The summed E-state index contributed by atoms with van der Waals surface area (Å²) in [5, 5.41) is 3.70. The van der Waals surface area contributed by atoms with E-state index in [0.717, 1.165) is 55.3 Å². The van der Waals surface area contributed by atoms with Crippen LogP contribution in [0.15, 0.2) is 53.3 Å². The lowest BCUT2D eigenvalue weighted by Crippen LogP contribution is -2.42. The number of nitrogens with one attached hydrogen (secondary N) is 1. The van der Waals surface area contributed by atoms with Gasteiger partial charge in [-0.1, -0.05) is 11.2 Å². The number of fused-ring (bicyclic) bond motifs is 1. The van der Waals surface area contributed by atoms with Crippen molar-refractivity contribution in [3.05, 3.63) is 71.4 Å². The number of carbonyl (C=O) groups is 1. The molecule has 50 heavy (non-hydrogen) atoms. The molecule has 8 rings (SSSR count). The van der Waals surface area contributed by atoms with Crippen LogP contribution in [0.25, 0.3) is 27.7 Å². The summed E-state index contributed by atoms with van der Waals surface area (Å²) in [7, 11) is -3.88. The number of hydrogen-bond acceptors (Lipinski definition) is 9. The SMILES string of the molecule is O=C(NS(=O)(=O)C1CC1)c1cc(OC(F)F)c2cc(N3CCC4(C=C(c5c(-c6cnccc6C(F)(F)F)noc5C5CC5)C4)CC3)ccc2n1. The van der Waals surface area contributed by atoms with Crippen molar-refractivity contribution < 1.29 is 44.4 Å². The molecule has 4 aliphatic rings. The highest BCUT2D eigenvalue weighted by Crippen LogP contribution is 2.56. The maximum Gasteiger partial charge on any atom is 0.417 e. The fraction of sp³-hybridized carbons (Fsp3) is 0.412. The fourth-order valence-corrected chi connectivity index (χ4v) is 8.28.